The number of allylic oxidation sites excluding steroid dienone is 2. The van der Waals surface area contributed by atoms with Crippen molar-refractivity contribution in [1.29, 1.82) is 0 Å². The van der Waals surface area contributed by atoms with Gasteiger partial charge in [0.05, 0.1) is 0 Å². The standard InChI is InChI=1S/C5H8BN2/c1-7-8-5-3-2-4-6-8/h2-5,7H,1H3. The minimum Gasteiger partial charge on any atom is -0.359 e. The molecule has 1 rings (SSSR count). The quantitative estimate of drug-likeness (QED) is 0.477. The van der Waals surface area contributed by atoms with Crippen LogP contribution in [0.2, 0.25) is 0 Å². The summed E-state index contributed by atoms with van der Waals surface area (Å²) < 4.78 is 0. The fourth-order valence-corrected chi connectivity index (χ4v) is 0.548. The van der Waals surface area contributed by atoms with Crippen LogP contribution in [0.3, 0.4) is 0 Å². The second-order valence-electron chi connectivity index (χ2n) is 1.51. The number of hydrazine groups is 1. The van der Waals surface area contributed by atoms with E-state index >= 15 is 0 Å². The minimum absolute atomic E-state index is 1.88. The van der Waals surface area contributed by atoms with Gasteiger partial charge in [-0.25, -0.2) is 0 Å². The Hall–Kier alpha value is -0.695. The second-order valence-corrected chi connectivity index (χ2v) is 1.51. The smallest absolute Gasteiger partial charge is 0.298 e. The summed E-state index contributed by atoms with van der Waals surface area (Å²) in [5, 5.41) is 0. The molecule has 0 aliphatic carbocycles. The summed E-state index contributed by atoms with van der Waals surface area (Å²) in [6, 6.07) is 0. The fourth-order valence-electron chi connectivity index (χ4n) is 0.548. The molecule has 1 radical (unpaired) electrons. The summed E-state index contributed by atoms with van der Waals surface area (Å²) in [7, 11) is 3.82. The number of hydrogen-bond acceptors (Lipinski definition) is 2. The third-order valence-electron chi connectivity index (χ3n) is 0.974. The van der Waals surface area contributed by atoms with E-state index in [0.717, 1.165) is 0 Å². The third kappa shape index (κ3) is 1.14. The summed E-state index contributed by atoms with van der Waals surface area (Å²) >= 11 is 0. The van der Waals surface area contributed by atoms with Gasteiger partial charge in [0.1, 0.15) is 0 Å². The van der Waals surface area contributed by atoms with Gasteiger partial charge in [-0.1, -0.05) is 12.1 Å². The number of nitrogens with zero attached hydrogens (tertiary/aromatic N) is 1. The van der Waals surface area contributed by atoms with E-state index in [-0.39, 0.29) is 0 Å². The molecular weight excluding hydrogens is 98.9 g/mol. The molecule has 8 heavy (non-hydrogen) atoms. The molecule has 1 heterocycles. The predicted octanol–water partition coefficient (Wildman–Crippen LogP) is 0.0830. The van der Waals surface area contributed by atoms with Crippen molar-refractivity contribution in [2.75, 3.05) is 7.05 Å². The summed E-state index contributed by atoms with van der Waals surface area (Å²) in [6.45, 7) is 0. The summed E-state index contributed by atoms with van der Waals surface area (Å²) in [5.41, 5.74) is 2.94. The van der Waals surface area contributed by atoms with Crippen LogP contribution in [0.25, 0.3) is 0 Å². The van der Waals surface area contributed by atoms with Crippen molar-refractivity contribution in [2.24, 2.45) is 0 Å². The van der Waals surface area contributed by atoms with Crippen LogP contribution in [-0.2, 0) is 0 Å². The van der Waals surface area contributed by atoms with Gasteiger partial charge in [-0.15, -0.1) is 0 Å². The summed E-state index contributed by atoms with van der Waals surface area (Å²) in [4.78, 5) is 1.88. The van der Waals surface area contributed by atoms with Crippen LogP contribution in [0.1, 0.15) is 0 Å². The van der Waals surface area contributed by atoms with Gasteiger partial charge in [0.15, 0.2) is 0 Å². The zero-order chi connectivity index (χ0) is 5.82. The lowest BCUT2D eigenvalue weighted by molar-refractivity contribution is 0.483. The van der Waals surface area contributed by atoms with Gasteiger partial charge in [0.25, 0.3) is 7.41 Å². The topological polar surface area (TPSA) is 15.3 Å². The molecule has 0 aromatic heterocycles. The molecule has 0 aromatic rings. The van der Waals surface area contributed by atoms with E-state index in [1.54, 1.807) is 0 Å². The maximum Gasteiger partial charge on any atom is 0.298 e. The van der Waals surface area contributed by atoms with E-state index in [9.17, 15) is 0 Å². The lowest BCUT2D eigenvalue weighted by Crippen LogP contribution is -2.33. The summed E-state index contributed by atoms with van der Waals surface area (Å²) in [5.74, 6) is 1.97. The monoisotopic (exact) mass is 107 g/mol. The van der Waals surface area contributed by atoms with Gasteiger partial charge < -0.3 is 4.92 Å². The van der Waals surface area contributed by atoms with Crippen LogP contribution in [0.15, 0.2) is 24.3 Å². The highest BCUT2D eigenvalue weighted by Crippen LogP contribution is 1.89. The van der Waals surface area contributed by atoms with E-state index in [1.807, 2.05) is 43.7 Å². The van der Waals surface area contributed by atoms with Crippen molar-refractivity contribution in [1.82, 2.24) is 10.3 Å². The zero-order valence-corrected chi connectivity index (χ0v) is 4.83. The van der Waals surface area contributed by atoms with Crippen molar-refractivity contribution in [3.05, 3.63) is 24.3 Å². The Morgan fingerprint density at radius 3 is 2.75 bits per heavy atom. The molecule has 0 unspecified atom stereocenters. The van der Waals surface area contributed by atoms with Crippen molar-refractivity contribution in [3.63, 3.8) is 0 Å². The zero-order valence-electron chi connectivity index (χ0n) is 4.83. The van der Waals surface area contributed by atoms with Crippen molar-refractivity contribution in [2.45, 2.75) is 0 Å². The molecule has 0 spiro atoms. The van der Waals surface area contributed by atoms with Crippen molar-refractivity contribution >= 4 is 7.41 Å². The molecule has 1 aliphatic heterocycles. The number of nitrogens with one attached hydrogen (secondary N) is 1. The maximum absolute atomic E-state index is 2.94. The number of rotatable bonds is 1. The molecule has 0 atom stereocenters. The third-order valence-corrected chi connectivity index (χ3v) is 0.974. The lowest BCUT2D eigenvalue weighted by atomic mass is 9.91. The van der Waals surface area contributed by atoms with Gasteiger partial charge in [-0.2, -0.15) is 0 Å². The molecule has 3 heteroatoms. The van der Waals surface area contributed by atoms with Crippen LogP contribution in [0.4, 0.5) is 0 Å². The number of hydrogen-bond donors (Lipinski definition) is 1. The average Bonchev–Trinajstić information content (AvgIpc) is 1.90. The van der Waals surface area contributed by atoms with Crippen LogP contribution < -0.4 is 5.43 Å². The molecule has 2 nitrogen and oxygen atoms in total. The first-order valence-corrected chi connectivity index (χ1v) is 2.57. The maximum atomic E-state index is 2.94. The van der Waals surface area contributed by atoms with E-state index in [0.29, 0.717) is 0 Å². The second kappa shape index (κ2) is 2.57. The molecule has 41 valence electrons. The Morgan fingerprint density at radius 1 is 1.50 bits per heavy atom. The van der Waals surface area contributed by atoms with E-state index < -0.39 is 0 Å². The molecule has 0 fully saturated rings. The Labute approximate surface area is 50.1 Å². The Bertz CT molecular complexity index is 120. The molecule has 0 amide bonds. The first-order chi connectivity index (χ1) is 3.93. The van der Waals surface area contributed by atoms with E-state index in [4.69, 9.17) is 0 Å². The SMILES string of the molecule is CNN1[B]C=CC=C1. The molecular formula is C5H8BN2. The van der Waals surface area contributed by atoms with E-state index in [2.05, 4.69) is 5.43 Å². The van der Waals surface area contributed by atoms with Crippen LogP contribution >= 0.6 is 0 Å². The highest BCUT2D eigenvalue weighted by Gasteiger charge is 1.94. The van der Waals surface area contributed by atoms with Crippen molar-refractivity contribution in [3.8, 4) is 0 Å². The molecule has 0 bridgehead atoms. The van der Waals surface area contributed by atoms with Gasteiger partial charge >= 0.3 is 0 Å². The normalized spacial score (nSPS) is 16.4. The Kier molecular flexibility index (Phi) is 1.75. The van der Waals surface area contributed by atoms with Crippen LogP contribution in [0.5, 0.6) is 0 Å². The largest absolute Gasteiger partial charge is 0.359 e. The Morgan fingerprint density at radius 2 is 2.38 bits per heavy atom. The highest BCUT2D eigenvalue weighted by molar-refractivity contribution is 6.39. The van der Waals surface area contributed by atoms with Gasteiger partial charge in [0.2, 0.25) is 0 Å². The van der Waals surface area contributed by atoms with E-state index in [1.165, 1.54) is 0 Å². The van der Waals surface area contributed by atoms with Gasteiger partial charge in [-0.3, -0.25) is 5.43 Å². The molecule has 0 saturated carbocycles. The molecule has 0 aromatic carbocycles. The fraction of sp³-hybridized carbons (Fsp3) is 0.200. The minimum atomic E-state index is 1.88. The molecule has 0 saturated heterocycles. The molecule has 1 N–H and O–H groups in total. The van der Waals surface area contributed by atoms with Crippen LogP contribution in [0, 0.1) is 0 Å². The van der Waals surface area contributed by atoms with Gasteiger partial charge in [0, 0.05) is 13.2 Å². The van der Waals surface area contributed by atoms with Gasteiger partial charge in [-0.05, 0) is 6.08 Å². The van der Waals surface area contributed by atoms with Crippen molar-refractivity contribution < 1.29 is 0 Å². The average molecular weight is 107 g/mol. The first-order valence-electron chi connectivity index (χ1n) is 2.57. The van der Waals surface area contributed by atoms with Crippen LogP contribution in [-0.4, -0.2) is 19.4 Å². The highest BCUT2D eigenvalue weighted by atomic mass is 15.4. The lowest BCUT2D eigenvalue weighted by Gasteiger charge is -2.16. The summed E-state index contributed by atoms with van der Waals surface area (Å²) in [6.07, 6.45) is 5.89. The first kappa shape index (κ1) is 5.44. The molecule has 1 aliphatic rings. The Balaban J connectivity index is 2.40. The predicted molar refractivity (Wildman–Crippen MR) is 34.9 cm³/mol.